The van der Waals surface area contributed by atoms with E-state index in [4.69, 9.17) is 0 Å². The standard InChI is InChI=1S/C17H14F3N5O2/c18-17(19,20)13-1-2-16(27)24(10-13)11-15(26)22-14-5-8-25(23-14)9-12-3-6-21-7-4-12/h1-8,10H,9,11H2,(H,22,23,26). The predicted octanol–water partition coefficient (Wildman–Crippen LogP) is 2.15. The second-order valence-electron chi connectivity index (χ2n) is 5.68. The Hall–Kier alpha value is -3.43. The number of hydrogen-bond acceptors (Lipinski definition) is 4. The molecule has 0 aliphatic rings. The van der Waals surface area contributed by atoms with Gasteiger partial charge in [0.1, 0.15) is 6.54 Å². The Morgan fingerprint density at radius 2 is 1.85 bits per heavy atom. The zero-order valence-corrected chi connectivity index (χ0v) is 13.8. The van der Waals surface area contributed by atoms with E-state index < -0.39 is 29.8 Å². The fourth-order valence-electron chi connectivity index (χ4n) is 2.35. The number of halogens is 3. The largest absolute Gasteiger partial charge is 0.417 e. The number of nitrogens with zero attached hydrogens (tertiary/aromatic N) is 4. The summed E-state index contributed by atoms with van der Waals surface area (Å²) in [5.41, 5.74) is -0.751. The summed E-state index contributed by atoms with van der Waals surface area (Å²) in [5, 5.41) is 6.62. The van der Waals surface area contributed by atoms with E-state index in [1.165, 1.54) is 0 Å². The lowest BCUT2D eigenvalue weighted by Gasteiger charge is -2.10. The van der Waals surface area contributed by atoms with Crippen molar-refractivity contribution in [3.63, 3.8) is 0 Å². The third kappa shape index (κ3) is 4.81. The number of hydrogen-bond donors (Lipinski definition) is 1. The van der Waals surface area contributed by atoms with E-state index in [1.807, 2.05) is 12.1 Å². The summed E-state index contributed by atoms with van der Waals surface area (Å²) >= 11 is 0. The summed E-state index contributed by atoms with van der Waals surface area (Å²) in [6.07, 6.45) is 0.955. The number of rotatable bonds is 5. The van der Waals surface area contributed by atoms with Crippen LogP contribution in [0.3, 0.4) is 0 Å². The molecule has 0 bridgehead atoms. The molecular formula is C17H14F3N5O2. The van der Waals surface area contributed by atoms with Crippen molar-refractivity contribution in [1.29, 1.82) is 0 Å². The lowest BCUT2D eigenvalue weighted by atomic mass is 10.3. The number of nitrogens with one attached hydrogen (secondary N) is 1. The van der Waals surface area contributed by atoms with Crippen LogP contribution >= 0.6 is 0 Å². The summed E-state index contributed by atoms with van der Waals surface area (Å²) in [7, 11) is 0. The van der Waals surface area contributed by atoms with Gasteiger partial charge in [0, 0.05) is 36.9 Å². The molecule has 140 valence electrons. The predicted molar refractivity (Wildman–Crippen MR) is 89.9 cm³/mol. The fraction of sp³-hybridized carbons (Fsp3) is 0.176. The van der Waals surface area contributed by atoms with Gasteiger partial charge in [-0.05, 0) is 23.8 Å². The van der Waals surface area contributed by atoms with Crippen molar-refractivity contribution in [3.05, 3.63) is 76.6 Å². The van der Waals surface area contributed by atoms with E-state index in [1.54, 1.807) is 29.3 Å². The number of alkyl halides is 3. The van der Waals surface area contributed by atoms with Crippen LogP contribution in [0, 0.1) is 0 Å². The molecule has 0 atom stereocenters. The fourth-order valence-corrected chi connectivity index (χ4v) is 2.35. The normalized spacial score (nSPS) is 11.4. The second-order valence-corrected chi connectivity index (χ2v) is 5.68. The molecule has 0 radical (unpaired) electrons. The van der Waals surface area contributed by atoms with Gasteiger partial charge in [0.05, 0.1) is 12.1 Å². The molecule has 3 aromatic heterocycles. The molecule has 0 saturated heterocycles. The van der Waals surface area contributed by atoms with Crippen LogP contribution in [-0.4, -0.2) is 25.2 Å². The maximum atomic E-state index is 12.7. The number of pyridine rings is 2. The molecule has 0 aliphatic heterocycles. The molecule has 3 heterocycles. The number of carbonyl (C=O) groups is 1. The van der Waals surface area contributed by atoms with Crippen molar-refractivity contribution in [2.75, 3.05) is 5.32 Å². The zero-order valence-electron chi connectivity index (χ0n) is 13.8. The summed E-state index contributed by atoms with van der Waals surface area (Å²) in [5.74, 6) is -0.431. The van der Waals surface area contributed by atoms with Gasteiger partial charge in [-0.25, -0.2) is 0 Å². The molecular weight excluding hydrogens is 363 g/mol. The topological polar surface area (TPSA) is 81.8 Å². The van der Waals surface area contributed by atoms with Crippen LogP contribution < -0.4 is 10.9 Å². The minimum atomic E-state index is -4.60. The Labute approximate surface area is 151 Å². The molecule has 27 heavy (non-hydrogen) atoms. The number of aromatic nitrogens is 4. The van der Waals surface area contributed by atoms with Crippen molar-refractivity contribution in [2.24, 2.45) is 0 Å². The van der Waals surface area contributed by atoms with Crippen molar-refractivity contribution in [3.8, 4) is 0 Å². The van der Waals surface area contributed by atoms with Crippen molar-refractivity contribution < 1.29 is 18.0 Å². The van der Waals surface area contributed by atoms with Gasteiger partial charge in [-0.1, -0.05) is 0 Å². The van der Waals surface area contributed by atoms with Gasteiger partial charge in [0.2, 0.25) is 5.91 Å². The van der Waals surface area contributed by atoms with Gasteiger partial charge < -0.3 is 9.88 Å². The zero-order chi connectivity index (χ0) is 19.4. The van der Waals surface area contributed by atoms with Gasteiger partial charge in [0.25, 0.3) is 5.56 Å². The van der Waals surface area contributed by atoms with E-state index in [0.717, 1.165) is 11.6 Å². The molecule has 1 N–H and O–H groups in total. The molecule has 0 fully saturated rings. The maximum absolute atomic E-state index is 12.7. The van der Waals surface area contributed by atoms with Gasteiger partial charge in [-0.3, -0.25) is 19.3 Å². The molecule has 10 heteroatoms. The Bertz CT molecular complexity index is 996. The molecule has 3 rings (SSSR count). The average molecular weight is 377 g/mol. The molecule has 0 aromatic carbocycles. The van der Waals surface area contributed by atoms with E-state index in [9.17, 15) is 22.8 Å². The Kier molecular flexibility index (Phi) is 5.06. The highest BCUT2D eigenvalue weighted by atomic mass is 19.4. The first-order valence-corrected chi connectivity index (χ1v) is 7.81. The first-order valence-electron chi connectivity index (χ1n) is 7.81. The van der Waals surface area contributed by atoms with Crippen molar-refractivity contribution in [1.82, 2.24) is 19.3 Å². The summed E-state index contributed by atoms with van der Waals surface area (Å²) in [6, 6.07) is 6.64. The van der Waals surface area contributed by atoms with Crippen molar-refractivity contribution in [2.45, 2.75) is 19.3 Å². The Morgan fingerprint density at radius 1 is 1.11 bits per heavy atom. The highest BCUT2D eigenvalue weighted by Crippen LogP contribution is 2.27. The van der Waals surface area contributed by atoms with Gasteiger partial charge in [-0.2, -0.15) is 18.3 Å². The minimum absolute atomic E-state index is 0.231. The van der Waals surface area contributed by atoms with Gasteiger partial charge in [-0.15, -0.1) is 0 Å². The first-order chi connectivity index (χ1) is 12.8. The minimum Gasteiger partial charge on any atom is -0.308 e. The summed E-state index contributed by atoms with van der Waals surface area (Å²) < 4.78 is 40.5. The Morgan fingerprint density at radius 3 is 2.56 bits per heavy atom. The quantitative estimate of drug-likeness (QED) is 0.739. The summed E-state index contributed by atoms with van der Waals surface area (Å²) in [6.45, 7) is -0.0918. The maximum Gasteiger partial charge on any atom is 0.417 e. The number of anilines is 1. The Balaban J connectivity index is 1.66. The summed E-state index contributed by atoms with van der Waals surface area (Å²) in [4.78, 5) is 27.7. The van der Waals surface area contributed by atoms with Gasteiger partial charge >= 0.3 is 6.18 Å². The van der Waals surface area contributed by atoms with Crippen LogP contribution in [0.4, 0.5) is 19.0 Å². The van der Waals surface area contributed by atoms with Crippen LogP contribution in [0.1, 0.15) is 11.1 Å². The molecule has 0 saturated carbocycles. The van der Waals surface area contributed by atoms with Crippen molar-refractivity contribution >= 4 is 11.7 Å². The molecule has 0 spiro atoms. The lowest BCUT2D eigenvalue weighted by Crippen LogP contribution is -2.28. The monoisotopic (exact) mass is 377 g/mol. The van der Waals surface area contributed by atoms with Crippen LogP contribution in [0.15, 0.2) is 59.9 Å². The van der Waals surface area contributed by atoms with Crippen LogP contribution in [0.2, 0.25) is 0 Å². The molecule has 3 aromatic rings. The number of carbonyl (C=O) groups excluding carboxylic acids is 1. The van der Waals surface area contributed by atoms with E-state index >= 15 is 0 Å². The van der Waals surface area contributed by atoms with Gasteiger partial charge in [0.15, 0.2) is 5.82 Å². The van der Waals surface area contributed by atoms with E-state index in [-0.39, 0.29) is 5.82 Å². The average Bonchev–Trinajstić information content (AvgIpc) is 3.03. The van der Waals surface area contributed by atoms with E-state index in [2.05, 4.69) is 15.4 Å². The highest BCUT2D eigenvalue weighted by Gasteiger charge is 2.31. The third-order valence-corrected chi connectivity index (χ3v) is 3.63. The third-order valence-electron chi connectivity index (χ3n) is 3.63. The first kappa shape index (κ1) is 18.4. The lowest BCUT2D eigenvalue weighted by molar-refractivity contribution is -0.138. The molecule has 1 amide bonds. The number of amides is 1. The second kappa shape index (κ2) is 7.44. The SMILES string of the molecule is O=C(Cn1cc(C(F)(F)F)ccc1=O)Nc1ccn(Cc2ccncc2)n1. The van der Waals surface area contributed by atoms with E-state index in [0.29, 0.717) is 23.4 Å². The van der Waals surface area contributed by atoms with Crippen LogP contribution in [0.5, 0.6) is 0 Å². The molecule has 0 unspecified atom stereocenters. The van der Waals surface area contributed by atoms with Crippen LogP contribution in [-0.2, 0) is 24.1 Å². The highest BCUT2D eigenvalue weighted by molar-refractivity contribution is 5.89. The smallest absolute Gasteiger partial charge is 0.308 e. The molecule has 0 aliphatic carbocycles. The molecule has 7 nitrogen and oxygen atoms in total. The van der Waals surface area contributed by atoms with Crippen LogP contribution in [0.25, 0.3) is 0 Å².